The normalized spacial score (nSPS) is 12.0. The third kappa shape index (κ3) is 9.60. The van der Waals surface area contributed by atoms with Gasteiger partial charge in [-0.1, -0.05) is 86.8 Å². The van der Waals surface area contributed by atoms with Crippen molar-refractivity contribution in [2.45, 2.75) is 65.1 Å². The molecule has 0 fully saturated rings. The van der Waals surface area contributed by atoms with Crippen molar-refractivity contribution in [3.63, 3.8) is 0 Å². The first-order valence-electron chi connectivity index (χ1n) is 12.8. The molecule has 0 saturated heterocycles. The fourth-order valence-electron chi connectivity index (χ4n) is 4.00. The first kappa shape index (κ1) is 30.5. The summed E-state index contributed by atoms with van der Waals surface area (Å²) < 4.78 is 0. The monoisotopic (exact) mass is 674 g/mol. The Morgan fingerprint density at radius 3 is 1.95 bits per heavy atom. The Labute approximate surface area is 235 Å². The molecular weight excluding hydrogens is 637 g/mol. The number of benzene rings is 3. The Balaban J connectivity index is 0.000000344. The van der Waals surface area contributed by atoms with E-state index in [0.29, 0.717) is 6.42 Å². The maximum Gasteiger partial charge on any atom is 0.0873 e. The molecule has 2 N–H and O–H groups in total. The van der Waals surface area contributed by atoms with Crippen LogP contribution < -0.4 is 0 Å². The zero-order valence-electron chi connectivity index (χ0n) is 21.9. The molecule has 0 aliphatic heterocycles. The number of aromatic nitrogens is 2. The molecule has 0 amide bonds. The van der Waals surface area contributed by atoms with Gasteiger partial charge < -0.3 is 15.2 Å². The minimum Gasteiger partial charge on any atom is -0.393 e. The van der Waals surface area contributed by atoms with Crippen LogP contribution in [0.15, 0.2) is 85.1 Å². The second-order valence-corrected chi connectivity index (χ2v) is 9.08. The van der Waals surface area contributed by atoms with Crippen LogP contribution in [-0.4, -0.2) is 32.4 Å². The molecule has 0 aliphatic rings. The molecule has 0 aliphatic carbocycles. The van der Waals surface area contributed by atoms with Crippen molar-refractivity contribution in [2.24, 2.45) is 0 Å². The minimum absolute atomic E-state index is 0. The summed E-state index contributed by atoms with van der Waals surface area (Å²) in [5.74, 6) is 0. The fraction of sp³-hybridized carbons (Fsp3) is 0.312. The SMILES string of the molecule is CCCC(O)CC(O)CCC.Cc1ccc(-c2cnc(-c3[c-]cccc3)c(-c3ccccc3)n2)cc1.[Ir]. The predicted octanol–water partition coefficient (Wildman–Crippen LogP) is 7.28. The van der Waals surface area contributed by atoms with Gasteiger partial charge in [-0.2, -0.15) is 0 Å². The molecule has 1 heterocycles. The van der Waals surface area contributed by atoms with Crippen molar-refractivity contribution >= 4 is 0 Å². The van der Waals surface area contributed by atoms with Crippen LogP contribution in [0.1, 0.15) is 51.5 Å². The number of hydrogen-bond donors (Lipinski definition) is 2. The number of aliphatic hydroxyl groups is 2. The molecule has 4 rings (SSSR count). The number of aliphatic hydroxyl groups excluding tert-OH is 2. The Kier molecular flexibility index (Phi) is 13.4. The van der Waals surface area contributed by atoms with Crippen LogP contribution in [-0.2, 0) is 20.1 Å². The Bertz CT molecular complexity index is 1160. The Hall–Kier alpha value is -2.69. The van der Waals surface area contributed by atoms with Gasteiger partial charge in [0.15, 0.2) is 0 Å². The summed E-state index contributed by atoms with van der Waals surface area (Å²) >= 11 is 0. The van der Waals surface area contributed by atoms with Gasteiger partial charge in [0.1, 0.15) is 0 Å². The summed E-state index contributed by atoms with van der Waals surface area (Å²) in [6.07, 6.45) is 5.36. The van der Waals surface area contributed by atoms with Crippen molar-refractivity contribution in [3.8, 4) is 33.8 Å². The third-order valence-corrected chi connectivity index (χ3v) is 5.92. The zero-order valence-corrected chi connectivity index (χ0v) is 24.3. The van der Waals surface area contributed by atoms with Crippen molar-refractivity contribution in [2.75, 3.05) is 0 Å². The molecule has 2 unspecified atom stereocenters. The van der Waals surface area contributed by atoms with Gasteiger partial charge in [0, 0.05) is 37.6 Å². The van der Waals surface area contributed by atoms with Crippen LogP contribution in [0.5, 0.6) is 0 Å². The van der Waals surface area contributed by atoms with E-state index in [1.807, 2.05) is 62.5 Å². The molecule has 37 heavy (non-hydrogen) atoms. The molecule has 2 atom stereocenters. The molecule has 0 saturated carbocycles. The summed E-state index contributed by atoms with van der Waals surface area (Å²) in [6.45, 7) is 6.16. The molecule has 4 aromatic rings. The summed E-state index contributed by atoms with van der Waals surface area (Å²) in [5, 5.41) is 18.6. The van der Waals surface area contributed by atoms with Gasteiger partial charge in [0.25, 0.3) is 0 Å². The van der Waals surface area contributed by atoms with E-state index in [-0.39, 0.29) is 32.3 Å². The summed E-state index contributed by atoms with van der Waals surface area (Å²) in [7, 11) is 0. The first-order chi connectivity index (χ1) is 17.5. The third-order valence-electron chi connectivity index (χ3n) is 5.92. The molecule has 1 aromatic heterocycles. The van der Waals surface area contributed by atoms with E-state index >= 15 is 0 Å². The molecule has 0 spiro atoms. The maximum absolute atomic E-state index is 9.29. The largest absolute Gasteiger partial charge is 0.393 e. The molecule has 1 radical (unpaired) electrons. The summed E-state index contributed by atoms with van der Waals surface area (Å²) in [6, 6.07) is 29.7. The van der Waals surface area contributed by atoms with E-state index in [9.17, 15) is 10.2 Å². The number of aryl methyl sites for hydroxylation is 1. The topological polar surface area (TPSA) is 66.2 Å². The van der Waals surface area contributed by atoms with Gasteiger partial charge in [-0.05, 0) is 31.7 Å². The van der Waals surface area contributed by atoms with Gasteiger partial charge in [0.2, 0.25) is 0 Å². The molecule has 0 bridgehead atoms. The average molecular weight is 674 g/mol. The maximum atomic E-state index is 9.29. The van der Waals surface area contributed by atoms with Crippen LogP contribution in [0.2, 0.25) is 0 Å². The molecule has 3 aromatic carbocycles. The van der Waals surface area contributed by atoms with E-state index in [0.717, 1.165) is 59.5 Å². The van der Waals surface area contributed by atoms with Gasteiger partial charge >= 0.3 is 0 Å². The van der Waals surface area contributed by atoms with Gasteiger partial charge in [-0.25, -0.2) is 0 Å². The molecule has 5 heteroatoms. The van der Waals surface area contributed by atoms with Crippen LogP contribution >= 0.6 is 0 Å². The van der Waals surface area contributed by atoms with Crippen molar-refractivity contribution in [1.82, 2.24) is 9.97 Å². The Morgan fingerprint density at radius 2 is 1.38 bits per heavy atom. The van der Waals surface area contributed by atoms with E-state index in [1.54, 1.807) is 0 Å². The summed E-state index contributed by atoms with van der Waals surface area (Å²) in [5.41, 5.74) is 6.90. The summed E-state index contributed by atoms with van der Waals surface area (Å²) in [4.78, 5) is 9.67. The first-order valence-corrected chi connectivity index (χ1v) is 12.8. The molecule has 197 valence electrons. The quantitative estimate of drug-likeness (QED) is 0.183. The predicted molar refractivity (Wildman–Crippen MR) is 148 cm³/mol. The van der Waals surface area contributed by atoms with Crippen LogP contribution in [0.3, 0.4) is 0 Å². The second kappa shape index (κ2) is 16.2. The van der Waals surface area contributed by atoms with Crippen LogP contribution in [0.4, 0.5) is 0 Å². The number of rotatable bonds is 9. The molecule has 4 nitrogen and oxygen atoms in total. The van der Waals surface area contributed by atoms with Gasteiger partial charge in [0.05, 0.1) is 23.6 Å². The van der Waals surface area contributed by atoms with Crippen molar-refractivity contribution in [3.05, 3.63) is 96.7 Å². The van der Waals surface area contributed by atoms with Crippen molar-refractivity contribution in [1.29, 1.82) is 0 Å². The van der Waals surface area contributed by atoms with Crippen LogP contribution in [0.25, 0.3) is 33.8 Å². The average Bonchev–Trinajstić information content (AvgIpc) is 2.90. The minimum atomic E-state index is -0.304. The van der Waals surface area contributed by atoms with Crippen molar-refractivity contribution < 1.29 is 30.3 Å². The van der Waals surface area contributed by atoms with Gasteiger partial charge in [-0.15, -0.1) is 35.9 Å². The standard InChI is InChI=1S/C23H17N2.C9H20O2.Ir/c1-17-12-14-18(15-13-17)21-16-24-22(19-8-4-2-5-9-19)23(25-21)20-10-6-3-7-11-20;1-3-5-8(10)7-9(11)6-4-2;/h2-8,10-16H,1H3;8-11H,3-7H2,1-2H3;/q-1;;. The number of nitrogens with zero attached hydrogens (tertiary/aromatic N) is 2. The van der Waals surface area contributed by atoms with E-state index in [4.69, 9.17) is 9.97 Å². The smallest absolute Gasteiger partial charge is 0.0873 e. The van der Waals surface area contributed by atoms with Crippen LogP contribution in [0, 0.1) is 13.0 Å². The van der Waals surface area contributed by atoms with Gasteiger partial charge in [-0.3, -0.25) is 4.98 Å². The Morgan fingerprint density at radius 1 is 0.757 bits per heavy atom. The number of hydrogen-bond acceptors (Lipinski definition) is 4. The molecular formula is C32H37IrN2O2-. The van der Waals surface area contributed by atoms with E-state index in [2.05, 4.69) is 49.4 Å². The second-order valence-electron chi connectivity index (χ2n) is 9.08. The van der Waals surface area contributed by atoms with E-state index < -0.39 is 0 Å². The van der Waals surface area contributed by atoms with E-state index in [1.165, 1.54) is 5.56 Å². The zero-order chi connectivity index (χ0) is 25.8. The fourth-order valence-corrected chi connectivity index (χ4v) is 4.00.